The van der Waals surface area contributed by atoms with Crippen molar-refractivity contribution in [3.05, 3.63) is 58.9 Å². The van der Waals surface area contributed by atoms with E-state index in [9.17, 15) is 9.90 Å². The summed E-state index contributed by atoms with van der Waals surface area (Å²) in [5.74, 6) is -0.0819. The Balaban J connectivity index is 1.73. The SMILES string of the molecule is Cn1cc(/C=C/C(=O)N2CCC[C@H](O)[C@@H]2Cc2ccc(Cl)cc2)cn1. The number of likely N-dealkylation sites (tertiary alicyclic amines) is 1. The maximum absolute atomic E-state index is 12.7. The topological polar surface area (TPSA) is 58.4 Å². The van der Waals surface area contributed by atoms with Gasteiger partial charge < -0.3 is 10.0 Å². The van der Waals surface area contributed by atoms with Gasteiger partial charge in [0.05, 0.1) is 18.3 Å². The fraction of sp³-hybridized carbons (Fsp3) is 0.368. The molecule has 1 aromatic heterocycles. The summed E-state index contributed by atoms with van der Waals surface area (Å²) in [6.07, 6.45) is 8.50. The summed E-state index contributed by atoms with van der Waals surface area (Å²) < 4.78 is 1.69. The van der Waals surface area contributed by atoms with E-state index in [-0.39, 0.29) is 11.9 Å². The van der Waals surface area contributed by atoms with Crippen molar-refractivity contribution >= 4 is 23.6 Å². The predicted molar refractivity (Wildman–Crippen MR) is 98.1 cm³/mol. The lowest BCUT2D eigenvalue weighted by atomic mass is 9.93. The summed E-state index contributed by atoms with van der Waals surface area (Å²) in [5, 5.41) is 15.2. The number of piperidine rings is 1. The van der Waals surface area contributed by atoms with Gasteiger partial charge >= 0.3 is 0 Å². The van der Waals surface area contributed by atoms with E-state index in [0.29, 0.717) is 24.4 Å². The minimum atomic E-state index is -0.514. The molecule has 5 nitrogen and oxygen atoms in total. The number of carbonyl (C=O) groups excluding carboxylic acids is 1. The molecule has 1 aromatic carbocycles. The van der Waals surface area contributed by atoms with Crippen molar-refractivity contribution < 1.29 is 9.90 Å². The quantitative estimate of drug-likeness (QED) is 0.854. The summed E-state index contributed by atoms with van der Waals surface area (Å²) in [5.41, 5.74) is 1.94. The molecule has 2 heterocycles. The van der Waals surface area contributed by atoms with E-state index in [1.54, 1.807) is 27.9 Å². The Morgan fingerprint density at radius 3 is 2.84 bits per heavy atom. The number of aliphatic hydroxyl groups is 1. The summed E-state index contributed by atoms with van der Waals surface area (Å²) in [6.45, 7) is 0.658. The number of carbonyl (C=O) groups is 1. The van der Waals surface area contributed by atoms with Gasteiger partial charge in [-0.2, -0.15) is 5.10 Å². The van der Waals surface area contributed by atoms with Crippen molar-refractivity contribution in [2.45, 2.75) is 31.4 Å². The first kappa shape index (κ1) is 17.7. The third-order valence-electron chi connectivity index (χ3n) is 4.53. The van der Waals surface area contributed by atoms with Gasteiger partial charge in [0.1, 0.15) is 0 Å². The van der Waals surface area contributed by atoms with Gasteiger partial charge in [-0.05, 0) is 43.0 Å². The molecule has 1 N–H and O–H groups in total. The summed E-state index contributed by atoms with van der Waals surface area (Å²) in [4.78, 5) is 14.4. The normalized spacial score (nSPS) is 21.0. The number of hydrogen-bond donors (Lipinski definition) is 1. The Labute approximate surface area is 152 Å². The smallest absolute Gasteiger partial charge is 0.246 e. The van der Waals surface area contributed by atoms with Crippen molar-refractivity contribution in [3.63, 3.8) is 0 Å². The van der Waals surface area contributed by atoms with E-state index in [0.717, 1.165) is 17.5 Å². The van der Waals surface area contributed by atoms with Gasteiger partial charge in [0.15, 0.2) is 0 Å². The monoisotopic (exact) mass is 359 g/mol. The van der Waals surface area contributed by atoms with E-state index in [1.165, 1.54) is 0 Å². The molecule has 1 amide bonds. The molecule has 2 aromatic rings. The van der Waals surface area contributed by atoms with Crippen LogP contribution in [0.3, 0.4) is 0 Å². The molecule has 1 fully saturated rings. The summed E-state index contributed by atoms with van der Waals surface area (Å²) in [7, 11) is 1.84. The van der Waals surface area contributed by atoms with Gasteiger partial charge in [0, 0.05) is 36.5 Å². The molecular formula is C19H22ClN3O2. The molecule has 1 saturated heterocycles. The van der Waals surface area contributed by atoms with E-state index >= 15 is 0 Å². The zero-order valence-corrected chi connectivity index (χ0v) is 14.9. The number of hydrogen-bond acceptors (Lipinski definition) is 3. The van der Waals surface area contributed by atoms with Crippen LogP contribution in [0.4, 0.5) is 0 Å². The minimum absolute atomic E-state index is 0.0819. The second kappa shape index (κ2) is 7.85. The average Bonchev–Trinajstić information content (AvgIpc) is 3.02. The number of rotatable bonds is 4. The van der Waals surface area contributed by atoms with Crippen molar-refractivity contribution in [1.82, 2.24) is 14.7 Å². The number of aryl methyl sites for hydroxylation is 1. The zero-order valence-electron chi connectivity index (χ0n) is 14.2. The molecule has 3 rings (SSSR count). The molecule has 1 aliphatic rings. The molecule has 132 valence electrons. The van der Waals surface area contributed by atoms with Crippen LogP contribution in [0.5, 0.6) is 0 Å². The fourth-order valence-corrected chi connectivity index (χ4v) is 3.33. The highest BCUT2D eigenvalue weighted by atomic mass is 35.5. The maximum Gasteiger partial charge on any atom is 0.246 e. The molecule has 0 bridgehead atoms. The molecular weight excluding hydrogens is 338 g/mol. The van der Waals surface area contributed by atoms with Gasteiger partial charge in [-0.3, -0.25) is 9.48 Å². The lowest BCUT2D eigenvalue weighted by Gasteiger charge is -2.38. The van der Waals surface area contributed by atoms with Crippen molar-refractivity contribution in [1.29, 1.82) is 0 Å². The number of halogens is 1. The standard InChI is InChI=1S/C19H22ClN3O2/c1-22-13-15(12-21-22)6-9-19(25)23-10-2-3-18(24)17(23)11-14-4-7-16(20)8-5-14/h4-9,12-13,17-18,24H,2-3,10-11H2,1H3/b9-6+/t17-,18-/m0/s1. The van der Waals surface area contributed by atoms with E-state index in [4.69, 9.17) is 11.6 Å². The molecule has 25 heavy (non-hydrogen) atoms. The largest absolute Gasteiger partial charge is 0.391 e. The van der Waals surface area contributed by atoms with Crippen LogP contribution in [0, 0.1) is 0 Å². The van der Waals surface area contributed by atoms with Crippen LogP contribution in [0.2, 0.25) is 5.02 Å². The highest BCUT2D eigenvalue weighted by molar-refractivity contribution is 6.30. The van der Waals surface area contributed by atoms with Gasteiger partial charge in [0.2, 0.25) is 5.91 Å². The zero-order chi connectivity index (χ0) is 17.8. The van der Waals surface area contributed by atoms with Crippen LogP contribution in [0.25, 0.3) is 6.08 Å². The molecule has 6 heteroatoms. The molecule has 0 aliphatic carbocycles. The summed E-state index contributed by atoms with van der Waals surface area (Å²) >= 11 is 5.93. The summed E-state index contributed by atoms with van der Waals surface area (Å²) in [6, 6.07) is 7.33. The van der Waals surface area contributed by atoms with Crippen LogP contribution in [0.15, 0.2) is 42.7 Å². The van der Waals surface area contributed by atoms with E-state index < -0.39 is 6.10 Å². The van der Waals surface area contributed by atoms with Crippen LogP contribution in [0.1, 0.15) is 24.0 Å². The number of benzene rings is 1. The Kier molecular flexibility index (Phi) is 5.56. The lowest BCUT2D eigenvalue weighted by Crippen LogP contribution is -2.51. The second-order valence-corrected chi connectivity index (χ2v) is 6.86. The average molecular weight is 360 g/mol. The first-order valence-electron chi connectivity index (χ1n) is 8.43. The second-order valence-electron chi connectivity index (χ2n) is 6.42. The number of aromatic nitrogens is 2. The van der Waals surface area contributed by atoms with Crippen LogP contribution in [-0.4, -0.2) is 44.4 Å². The molecule has 0 radical (unpaired) electrons. The number of aliphatic hydroxyl groups excluding tert-OH is 1. The fourth-order valence-electron chi connectivity index (χ4n) is 3.21. The lowest BCUT2D eigenvalue weighted by molar-refractivity contribution is -0.133. The van der Waals surface area contributed by atoms with Gasteiger partial charge in [0.25, 0.3) is 0 Å². The van der Waals surface area contributed by atoms with Gasteiger partial charge in [-0.15, -0.1) is 0 Å². The molecule has 0 spiro atoms. The predicted octanol–water partition coefficient (Wildman–Crippen LogP) is 2.68. The molecule has 2 atom stereocenters. The highest BCUT2D eigenvalue weighted by Crippen LogP contribution is 2.23. The van der Waals surface area contributed by atoms with Crippen molar-refractivity contribution in [2.75, 3.05) is 6.54 Å². The van der Waals surface area contributed by atoms with Gasteiger partial charge in [-0.25, -0.2) is 0 Å². The highest BCUT2D eigenvalue weighted by Gasteiger charge is 2.32. The number of amides is 1. The Morgan fingerprint density at radius 2 is 2.16 bits per heavy atom. The van der Waals surface area contributed by atoms with Crippen molar-refractivity contribution in [2.24, 2.45) is 7.05 Å². The molecule has 0 saturated carbocycles. The van der Waals surface area contributed by atoms with Crippen LogP contribution < -0.4 is 0 Å². The van der Waals surface area contributed by atoms with Crippen LogP contribution in [-0.2, 0) is 18.3 Å². The molecule has 0 unspecified atom stereocenters. The Morgan fingerprint density at radius 1 is 1.40 bits per heavy atom. The minimum Gasteiger partial charge on any atom is -0.391 e. The molecule has 1 aliphatic heterocycles. The van der Waals surface area contributed by atoms with Crippen LogP contribution >= 0.6 is 11.6 Å². The van der Waals surface area contributed by atoms with Crippen molar-refractivity contribution in [3.8, 4) is 0 Å². The first-order chi connectivity index (χ1) is 12.0. The maximum atomic E-state index is 12.7. The Bertz CT molecular complexity index is 754. The third-order valence-corrected chi connectivity index (χ3v) is 4.78. The Hall–Kier alpha value is -2.11. The first-order valence-corrected chi connectivity index (χ1v) is 8.80. The number of nitrogens with zero attached hydrogens (tertiary/aromatic N) is 3. The van der Waals surface area contributed by atoms with E-state index in [1.807, 2.05) is 37.5 Å². The van der Waals surface area contributed by atoms with Gasteiger partial charge in [-0.1, -0.05) is 23.7 Å². The third kappa shape index (κ3) is 4.50. The van der Waals surface area contributed by atoms with E-state index in [2.05, 4.69) is 5.10 Å².